The van der Waals surface area contributed by atoms with E-state index in [9.17, 15) is 18.7 Å². The highest BCUT2D eigenvalue weighted by atomic mass is 19.3. The van der Waals surface area contributed by atoms with Gasteiger partial charge in [0.1, 0.15) is 17.7 Å². The van der Waals surface area contributed by atoms with E-state index < -0.39 is 28.7 Å². The number of rotatable bonds is 9. The molecule has 2 aliphatic heterocycles. The number of aliphatic hydroxyl groups is 1. The second-order valence-corrected chi connectivity index (χ2v) is 12.5. The third-order valence-electron chi connectivity index (χ3n) is 8.54. The number of fused-ring (bicyclic) bond motifs is 2. The highest BCUT2D eigenvalue weighted by molar-refractivity contribution is 5.95. The number of aliphatic hydroxyl groups excluding tert-OH is 1. The zero-order valence-corrected chi connectivity index (χ0v) is 23.6. The van der Waals surface area contributed by atoms with E-state index in [1.54, 1.807) is 12.1 Å². The summed E-state index contributed by atoms with van der Waals surface area (Å²) in [4.78, 5) is 13.6. The summed E-state index contributed by atoms with van der Waals surface area (Å²) in [5, 5.41) is 10.5. The monoisotopic (exact) mass is 573 g/mol. The molecule has 0 bridgehead atoms. The van der Waals surface area contributed by atoms with E-state index in [4.69, 9.17) is 9.47 Å². The lowest BCUT2D eigenvalue weighted by Crippen LogP contribution is -2.28. The van der Waals surface area contributed by atoms with Crippen LogP contribution in [0, 0.1) is 5.82 Å². The van der Waals surface area contributed by atoms with Gasteiger partial charge in [0.15, 0.2) is 17.3 Å². The smallest absolute Gasteiger partial charge is 0.396 e. The molecule has 3 aromatic rings. The van der Waals surface area contributed by atoms with Gasteiger partial charge in [-0.25, -0.2) is 4.39 Å². The lowest BCUT2D eigenvalue weighted by Gasteiger charge is -2.27. The Labute approximate surface area is 236 Å². The van der Waals surface area contributed by atoms with Gasteiger partial charge in [0.2, 0.25) is 0 Å². The van der Waals surface area contributed by atoms with Crippen LogP contribution in [0.25, 0.3) is 10.9 Å². The molecule has 3 aliphatic rings. The van der Waals surface area contributed by atoms with Gasteiger partial charge in [-0.1, -0.05) is 19.9 Å². The predicted octanol–water partition coefficient (Wildman–Crippen LogP) is 5.76. The van der Waals surface area contributed by atoms with Crippen LogP contribution in [0.4, 0.5) is 13.2 Å². The number of ketones is 1. The molecule has 3 heterocycles. The number of halogens is 3. The maximum absolute atomic E-state index is 15.6. The van der Waals surface area contributed by atoms with Gasteiger partial charge in [0.05, 0.1) is 24.1 Å². The molecular weight excluding hydrogens is 539 g/mol. The molecule has 7 nitrogen and oxygen atoms in total. The lowest BCUT2D eigenvalue weighted by molar-refractivity contribution is -0.286. The Morgan fingerprint density at radius 3 is 2.49 bits per heavy atom. The topological polar surface area (TPSA) is 79.2 Å². The van der Waals surface area contributed by atoms with Gasteiger partial charge in [0.25, 0.3) is 0 Å². The van der Waals surface area contributed by atoms with Crippen molar-refractivity contribution in [1.29, 1.82) is 0 Å². The van der Waals surface area contributed by atoms with Gasteiger partial charge in [-0.05, 0) is 74.6 Å². The molecule has 2 aromatic carbocycles. The maximum atomic E-state index is 15.6. The Hall–Kier alpha value is -3.08. The number of aromatic nitrogens is 1. The number of benzene rings is 2. The highest BCUT2D eigenvalue weighted by Crippen LogP contribution is 2.53. The Bertz CT molecular complexity index is 1520. The van der Waals surface area contributed by atoms with Gasteiger partial charge in [-0.15, -0.1) is 8.78 Å². The summed E-state index contributed by atoms with van der Waals surface area (Å²) < 4.78 is 65.5. The number of alkyl halides is 2. The summed E-state index contributed by atoms with van der Waals surface area (Å²) in [5.74, 6) is -1.58. The van der Waals surface area contributed by atoms with Crippen molar-refractivity contribution in [3.8, 4) is 11.5 Å². The van der Waals surface area contributed by atoms with E-state index in [0.717, 1.165) is 11.1 Å². The Kier molecular flexibility index (Phi) is 6.48. The molecule has 1 saturated carbocycles. The van der Waals surface area contributed by atoms with Crippen molar-refractivity contribution in [1.82, 2.24) is 4.57 Å². The standard InChI is InChI=1S/C31H34F3NO6/c1-28(2,9-10-36)26-12-19-11-18(22(32)15-23(19)35(26)16-21-17-38-29(3,4)39-21)13-27(37)30(7-8-30)20-5-6-24-25(14-20)41-31(33,34)40-24/h5-6,11-12,14-15,21,36H,7-10,13,16-17H2,1-4H3/t21-/m1/s1. The van der Waals surface area contributed by atoms with Gasteiger partial charge in [0, 0.05) is 29.5 Å². The summed E-state index contributed by atoms with van der Waals surface area (Å²) >= 11 is 0. The molecule has 0 radical (unpaired) electrons. The first-order valence-corrected chi connectivity index (χ1v) is 13.9. The van der Waals surface area contributed by atoms with Crippen LogP contribution in [0.5, 0.6) is 11.5 Å². The van der Waals surface area contributed by atoms with E-state index in [1.165, 1.54) is 18.2 Å². The van der Waals surface area contributed by atoms with Crippen molar-refractivity contribution in [2.75, 3.05) is 13.2 Å². The van der Waals surface area contributed by atoms with Crippen LogP contribution in [-0.2, 0) is 38.1 Å². The Morgan fingerprint density at radius 2 is 1.83 bits per heavy atom. The Morgan fingerprint density at radius 1 is 1.10 bits per heavy atom. The fourth-order valence-corrected chi connectivity index (χ4v) is 6.13. The average Bonchev–Trinajstić information content (AvgIpc) is 3.39. The number of hydrogen-bond donors (Lipinski definition) is 1. The molecule has 6 rings (SSSR count). The Balaban J connectivity index is 1.31. The molecule has 220 valence electrons. The first-order chi connectivity index (χ1) is 19.2. The SMILES string of the molecule is CC1(C)OC[C@@H](Cn2c(C(C)(C)CCO)cc3cc(CC(=O)C4(c5ccc6c(c5)OC(F)(F)O6)CC4)c(F)cc32)O1. The molecule has 0 spiro atoms. The molecule has 1 N–H and O–H groups in total. The van der Waals surface area contributed by atoms with E-state index >= 15 is 4.39 Å². The predicted molar refractivity (Wildman–Crippen MR) is 144 cm³/mol. The number of ether oxygens (including phenoxy) is 4. The van der Waals surface area contributed by atoms with Crippen LogP contribution >= 0.6 is 0 Å². The van der Waals surface area contributed by atoms with E-state index in [0.29, 0.717) is 43.5 Å². The van der Waals surface area contributed by atoms with Crippen LogP contribution in [0.3, 0.4) is 0 Å². The van der Waals surface area contributed by atoms with E-state index in [1.807, 2.05) is 38.3 Å². The molecular formula is C31H34F3NO6. The second-order valence-electron chi connectivity index (χ2n) is 12.5. The lowest BCUT2D eigenvalue weighted by atomic mass is 9.85. The molecule has 2 fully saturated rings. The summed E-state index contributed by atoms with van der Waals surface area (Å²) in [6.07, 6.45) is -2.52. The van der Waals surface area contributed by atoms with Crippen molar-refractivity contribution in [2.24, 2.45) is 0 Å². The molecule has 1 saturated heterocycles. The van der Waals surface area contributed by atoms with Crippen LogP contribution in [0.2, 0.25) is 0 Å². The van der Waals surface area contributed by atoms with Crippen LogP contribution in [0.1, 0.15) is 63.8 Å². The zero-order chi connectivity index (χ0) is 29.4. The summed E-state index contributed by atoms with van der Waals surface area (Å²) in [6, 6.07) is 9.56. The van der Waals surface area contributed by atoms with Gasteiger partial charge in [-0.2, -0.15) is 0 Å². The first-order valence-electron chi connectivity index (χ1n) is 13.9. The van der Waals surface area contributed by atoms with Crippen molar-refractivity contribution in [3.63, 3.8) is 0 Å². The largest absolute Gasteiger partial charge is 0.586 e. The fourth-order valence-electron chi connectivity index (χ4n) is 6.13. The van der Waals surface area contributed by atoms with E-state index in [-0.39, 0.29) is 42.0 Å². The average molecular weight is 574 g/mol. The first kappa shape index (κ1) is 28.1. The summed E-state index contributed by atoms with van der Waals surface area (Å²) in [7, 11) is 0. The number of carbonyl (C=O) groups excluding carboxylic acids is 1. The molecule has 0 amide bonds. The maximum Gasteiger partial charge on any atom is 0.586 e. The third-order valence-corrected chi connectivity index (χ3v) is 8.54. The van der Waals surface area contributed by atoms with Crippen molar-refractivity contribution < 1.29 is 42.0 Å². The molecule has 1 aliphatic carbocycles. The minimum absolute atomic E-state index is 0.00169. The van der Waals surface area contributed by atoms with Crippen LogP contribution < -0.4 is 9.47 Å². The van der Waals surface area contributed by atoms with Gasteiger partial charge >= 0.3 is 6.29 Å². The number of carbonyl (C=O) groups is 1. The normalized spacial score (nSPS) is 21.9. The van der Waals surface area contributed by atoms with E-state index in [2.05, 4.69) is 9.47 Å². The second kappa shape index (κ2) is 9.47. The summed E-state index contributed by atoms with van der Waals surface area (Å²) in [5.41, 5.74) is 1.14. The third kappa shape index (κ3) is 5.10. The van der Waals surface area contributed by atoms with Crippen molar-refractivity contribution >= 4 is 16.7 Å². The molecule has 10 heteroatoms. The van der Waals surface area contributed by atoms with Gasteiger partial charge in [-0.3, -0.25) is 4.79 Å². The number of Topliss-reactive ketones (excluding diaryl/α,β-unsaturated/α-hetero) is 1. The van der Waals surface area contributed by atoms with Crippen LogP contribution in [0.15, 0.2) is 36.4 Å². The number of hydrogen-bond acceptors (Lipinski definition) is 6. The molecule has 41 heavy (non-hydrogen) atoms. The van der Waals surface area contributed by atoms with Crippen LogP contribution in [-0.4, -0.2) is 46.9 Å². The van der Waals surface area contributed by atoms with Gasteiger partial charge < -0.3 is 28.6 Å². The highest BCUT2D eigenvalue weighted by Gasteiger charge is 2.52. The van der Waals surface area contributed by atoms with Crippen molar-refractivity contribution in [2.45, 2.75) is 88.9 Å². The van der Waals surface area contributed by atoms with Crippen molar-refractivity contribution in [3.05, 3.63) is 59.0 Å². The minimum atomic E-state index is -3.74. The molecule has 0 unspecified atom stereocenters. The molecule has 1 atom stereocenters. The quantitative estimate of drug-likeness (QED) is 0.351. The zero-order valence-electron chi connectivity index (χ0n) is 23.6. The fraction of sp³-hybridized carbons (Fsp3) is 0.516. The molecule has 1 aromatic heterocycles. The summed E-state index contributed by atoms with van der Waals surface area (Å²) in [6.45, 7) is 8.61. The minimum Gasteiger partial charge on any atom is -0.396 e. The number of nitrogens with zero attached hydrogens (tertiary/aromatic N) is 1.